The molecule has 0 atom stereocenters. The smallest absolute Gasteiger partial charge is 0.262 e. The molecule has 0 radical (unpaired) electrons. The molecular weight excluding hydrogens is 375 g/mol. The van der Waals surface area contributed by atoms with Crippen LogP contribution in [0.2, 0.25) is 0 Å². The lowest BCUT2D eigenvalue weighted by Crippen LogP contribution is -2.20. The molecule has 148 valence electrons. The number of carbonyl (C=O) groups excluding carboxylic acids is 2. The molecule has 2 amide bonds. The summed E-state index contributed by atoms with van der Waals surface area (Å²) in [7, 11) is 1.52. The van der Waals surface area contributed by atoms with Gasteiger partial charge in [-0.05, 0) is 54.6 Å². The second kappa shape index (κ2) is 9.36. The quantitative estimate of drug-likeness (QED) is 0.632. The summed E-state index contributed by atoms with van der Waals surface area (Å²) in [5.74, 6) is -0.163. The molecule has 0 bridgehead atoms. The number of halogens is 1. The molecule has 0 aliphatic heterocycles. The highest BCUT2D eigenvalue weighted by Gasteiger charge is 2.09. The first-order chi connectivity index (χ1) is 14.0. The second-order valence-electron chi connectivity index (χ2n) is 6.03. The molecule has 0 aliphatic rings. The summed E-state index contributed by atoms with van der Waals surface area (Å²) in [6, 6.07) is 18.9. The summed E-state index contributed by atoms with van der Waals surface area (Å²) in [6.45, 7) is -0.202. The van der Waals surface area contributed by atoms with Gasteiger partial charge in [-0.25, -0.2) is 4.39 Å². The highest BCUT2D eigenvalue weighted by Crippen LogP contribution is 2.25. The molecule has 3 rings (SSSR count). The first kappa shape index (κ1) is 19.9. The van der Waals surface area contributed by atoms with Crippen LogP contribution in [-0.2, 0) is 4.79 Å². The van der Waals surface area contributed by atoms with Crippen molar-refractivity contribution in [1.29, 1.82) is 0 Å². The molecule has 7 heteroatoms. The van der Waals surface area contributed by atoms with Crippen LogP contribution in [0, 0.1) is 5.82 Å². The normalized spacial score (nSPS) is 10.1. The third kappa shape index (κ3) is 5.55. The summed E-state index contributed by atoms with van der Waals surface area (Å²) in [6.07, 6.45) is 0. The van der Waals surface area contributed by atoms with Gasteiger partial charge in [-0.1, -0.05) is 18.2 Å². The Bertz CT molecular complexity index is 1010. The molecule has 29 heavy (non-hydrogen) atoms. The minimum Gasteiger partial charge on any atom is -0.493 e. The van der Waals surface area contributed by atoms with Crippen LogP contribution in [0.1, 0.15) is 10.4 Å². The van der Waals surface area contributed by atoms with E-state index in [1.54, 1.807) is 48.5 Å². The van der Waals surface area contributed by atoms with Gasteiger partial charge >= 0.3 is 0 Å². The number of methoxy groups -OCH3 is 1. The van der Waals surface area contributed by atoms with Crippen LogP contribution in [0.4, 0.5) is 15.8 Å². The van der Waals surface area contributed by atoms with E-state index in [0.717, 1.165) is 0 Å². The van der Waals surface area contributed by atoms with Crippen molar-refractivity contribution in [2.24, 2.45) is 0 Å². The molecule has 3 aromatic rings. The zero-order valence-corrected chi connectivity index (χ0v) is 15.6. The first-order valence-corrected chi connectivity index (χ1v) is 8.78. The van der Waals surface area contributed by atoms with Crippen LogP contribution in [0.15, 0.2) is 72.8 Å². The number of carbonyl (C=O) groups is 2. The van der Waals surface area contributed by atoms with Gasteiger partial charge in [0.2, 0.25) is 0 Å². The first-order valence-electron chi connectivity index (χ1n) is 8.78. The van der Waals surface area contributed by atoms with Gasteiger partial charge in [0.25, 0.3) is 11.8 Å². The van der Waals surface area contributed by atoms with Crippen molar-refractivity contribution in [3.8, 4) is 11.5 Å². The van der Waals surface area contributed by atoms with E-state index >= 15 is 0 Å². The highest BCUT2D eigenvalue weighted by atomic mass is 19.1. The van der Waals surface area contributed by atoms with Crippen LogP contribution >= 0.6 is 0 Å². The lowest BCUT2D eigenvalue weighted by atomic mass is 10.2. The largest absolute Gasteiger partial charge is 0.493 e. The van der Waals surface area contributed by atoms with Gasteiger partial charge < -0.3 is 20.1 Å². The Morgan fingerprint density at radius 1 is 0.862 bits per heavy atom. The van der Waals surface area contributed by atoms with Crippen LogP contribution in [-0.4, -0.2) is 25.5 Å². The Morgan fingerprint density at radius 3 is 2.21 bits per heavy atom. The lowest BCUT2D eigenvalue weighted by molar-refractivity contribution is -0.118. The van der Waals surface area contributed by atoms with Gasteiger partial charge in [-0.3, -0.25) is 9.59 Å². The fourth-order valence-corrected chi connectivity index (χ4v) is 2.56. The average Bonchev–Trinajstić information content (AvgIpc) is 2.73. The molecule has 0 aromatic heterocycles. The van der Waals surface area contributed by atoms with Gasteiger partial charge in [0.15, 0.2) is 18.1 Å². The van der Waals surface area contributed by atoms with Crippen molar-refractivity contribution in [2.75, 3.05) is 24.4 Å². The Morgan fingerprint density at radius 2 is 1.52 bits per heavy atom. The summed E-state index contributed by atoms with van der Waals surface area (Å²) in [4.78, 5) is 24.4. The third-order valence-electron chi connectivity index (χ3n) is 3.94. The number of nitrogens with one attached hydrogen (secondary N) is 2. The molecule has 0 saturated heterocycles. The van der Waals surface area contributed by atoms with Crippen molar-refractivity contribution < 1.29 is 23.5 Å². The zero-order valence-electron chi connectivity index (χ0n) is 15.6. The van der Waals surface area contributed by atoms with Crippen molar-refractivity contribution in [1.82, 2.24) is 0 Å². The van der Waals surface area contributed by atoms with E-state index in [0.29, 0.717) is 28.4 Å². The topological polar surface area (TPSA) is 76.7 Å². The monoisotopic (exact) mass is 394 g/mol. The average molecular weight is 394 g/mol. The lowest BCUT2D eigenvalue weighted by Gasteiger charge is -2.11. The molecule has 0 unspecified atom stereocenters. The van der Waals surface area contributed by atoms with Gasteiger partial charge in [0.1, 0.15) is 5.82 Å². The number of hydrogen-bond donors (Lipinski definition) is 2. The van der Waals surface area contributed by atoms with Gasteiger partial charge in [-0.2, -0.15) is 0 Å². The highest BCUT2D eigenvalue weighted by molar-refractivity contribution is 6.04. The predicted octanol–water partition coefficient (Wildman–Crippen LogP) is 4.10. The maximum absolute atomic E-state index is 13.0. The Balaban J connectivity index is 1.58. The van der Waals surface area contributed by atoms with E-state index in [1.165, 1.54) is 31.4 Å². The number of ether oxygens (including phenoxy) is 2. The number of rotatable bonds is 7. The minimum atomic E-state index is -0.415. The molecule has 0 saturated carbocycles. The van der Waals surface area contributed by atoms with Gasteiger partial charge in [0, 0.05) is 16.9 Å². The van der Waals surface area contributed by atoms with Gasteiger partial charge in [-0.15, -0.1) is 0 Å². The van der Waals surface area contributed by atoms with E-state index in [4.69, 9.17) is 9.47 Å². The SMILES string of the molecule is COc1ccccc1OCC(=O)Nc1cccc(NC(=O)c2ccc(F)cc2)c1. The van der Waals surface area contributed by atoms with E-state index in [-0.39, 0.29) is 18.4 Å². The summed E-state index contributed by atoms with van der Waals surface area (Å²) < 4.78 is 23.6. The molecule has 0 fully saturated rings. The molecule has 6 nitrogen and oxygen atoms in total. The molecule has 0 heterocycles. The maximum atomic E-state index is 13.0. The number of amides is 2. The standard InChI is InChI=1S/C22H19FN2O4/c1-28-19-7-2-3-8-20(19)29-14-21(26)24-17-5-4-6-18(13-17)25-22(27)15-9-11-16(23)12-10-15/h2-13H,14H2,1H3,(H,24,26)(H,25,27). The molecule has 3 aromatic carbocycles. The number of benzene rings is 3. The van der Waals surface area contributed by atoms with Crippen molar-refractivity contribution in [2.45, 2.75) is 0 Å². The number of para-hydroxylation sites is 2. The Labute approximate surface area is 167 Å². The third-order valence-corrected chi connectivity index (χ3v) is 3.94. The second-order valence-corrected chi connectivity index (χ2v) is 6.03. The maximum Gasteiger partial charge on any atom is 0.262 e. The Hall–Kier alpha value is -3.87. The van der Waals surface area contributed by atoms with Crippen molar-refractivity contribution in [3.05, 3.63) is 84.2 Å². The van der Waals surface area contributed by atoms with E-state index in [2.05, 4.69) is 10.6 Å². The zero-order chi connectivity index (χ0) is 20.6. The van der Waals surface area contributed by atoms with Crippen LogP contribution < -0.4 is 20.1 Å². The van der Waals surface area contributed by atoms with Crippen LogP contribution in [0.3, 0.4) is 0 Å². The summed E-state index contributed by atoms with van der Waals surface area (Å²) in [5, 5.41) is 5.41. The number of anilines is 2. The predicted molar refractivity (Wildman–Crippen MR) is 108 cm³/mol. The number of hydrogen-bond acceptors (Lipinski definition) is 4. The van der Waals surface area contributed by atoms with E-state index in [1.807, 2.05) is 0 Å². The van der Waals surface area contributed by atoms with Crippen LogP contribution in [0.25, 0.3) is 0 Å². The van der Waals surface area contributed by atoms with Crippen molar-refractivity contribution in [3.63, 3.8) is 0 Å². The molecule has 0 spiro atoms. The summed E-state index contributed by atoms with van der Waals surface area (Å²) >= 11 is 0. The minimum absolute atomic E-state index is 0.202. The fraction of sp³-hybridized carbons (Fsp3) is 0.0909. The van der Waals surface area contributed by atoms with Gasteiger partial charge in [0.05, 0.1) is 7.11 Å². The van der Waals surface area contributed by atoms with E-state index < -0.39 is 5.82 Å². The van der Waals surface area contributed by atoms with Crippen molar-refractivity contribution >= 4 is 23.2 Å². The van der Waals surface area contributed by atoms with Crippen LogP contribution in [0.5, 0.6) is 11.5 Å². The van der Waals surface area contributed by atoms with E-state index in [9.17, 15) is 14.0 Å². The molecule has 2 N–H and O–H groups in total. The molecular formula is C22H19FN2O4. The fourth-order valence-electron chi connectivity index (χ4n) is 2.56. The summed E-state index contributed by atoms with van der Waals surface area (Å²) in [5.41, 5.74) is 1.31. The molecule has 0 aliphatic carbocycles. The Kier molecular flexibility index (Phi) is 6.42.